The molecule has 1 aromatic rings. The van der Waals surface area contributed by atoms with Crippen LogP contribution >= 0.6 is 0 Å². The summed E-state index contributed by atoms with van der Waals surface area (Å²) >= 11 is 0. The SMILES string of the molecule is CC.COc1cc(C)ccc1OC(C)=O. The summed E-state index contributed by atoms with van der Waals surface area (Å²) in [4.78, 5) is 10.7. The van der Waals surface area contributed by atoms with E-state index in [1.165, 1.54) is 6.92 Å². The molecule has 0 aliphatic heterocycles. The van der Waals surface area contributed by atoms with Gasteiger partial charge in [-0.25, -0.2) is 0 Å². The summed E-state index contributed by atoms with van der Waals surface area (Å²) < 4.78 is 9.98. The Hall–Kier alpha value is -1.51. The van der Waals surface area contributed by atoms with Gasteiger partial charge < -0.3 is 9.47 Å². The number of hydrogen-bond acceptors (Lipinski definition) is 3. The minimum Gasteiger partial charge on any atom is -0.493 e. The first-order valence-electron chi connectivity index (χ1n) is 4.96. The van der Waals surface area contributed by atoms with Crippen molar-refractivity contribution in [3.8, 4) is 11.5 Å². The lowest BCUT2D eigenvalue weighted by Gasteiger charge is -2.07. The zero-order valence-corrected chi connectivity index (χ0v) is 9.96. The van der Waals surface area contributed by atoms with E-state index < -0.39 is 0 Å². The third-order valence-corrected chi connectivity index (χ3v) is 1.57. The maximum Gasteiger partial charge on any atom is 0.308 e. The Morgan fingerprint density at radius 1 is 1.20 bits per heavy atom. The first-order chi connectivity index (χ1) is 7.13. The Labute approximate surface area is 91.0 Å². The van der Waals surface area contributed by atoms with Crippen LogP contribution in [0, 0.1) is 6.92 Å². The van der Waals surface area contributed by atoms with Gasteiger partial charge in [-0.05, 0) is 24.6 Å². The second-order valence-electron chi connectivity index (χ2n) is 2.75. The molecule has 0 aliphatic rings. The van der Waals surface area contributed by atoms with E-state index in [0.29, 0.717) is 11.5 Å². The van der Waals surface area contributed by atoms with Crippen molar-refractivity contribution in [3.05, 3.63) is 23.8 Å². The molecule has 3 heteroatoms. The molecule has 1 aromatic carbocycles. The van der Waals surface area contributed by atoms with Crippen LogP contribution in [0.1, 0.15) is 26.3 Å². The molecule has 0 aromatic heterocycles. The van der Waals surface area contributed by atoms with Crippen molar-refractivity contribution in [2.24, 2.45) is 0 Å². The summed E-state index contributed by atoms with van der Waals surface area (Å²) in [5.74, 6) is 0.693. The number of carbonyl (C=O) groups is 1. The molecule has 3 nitrogen and oxygen atoms in total. The molecule has 15 heavy (non-hydrogen) atoms. The number of hydrogen-bond donors (Lipinski definition) is 0. The molecule has 0 saturated heterocycles. The van der Waals surface area contributed by atoms with Crippen LogP contribution in [-0.4, -0.2) is 13.1 Å². The predicted octanol–water partition coefficient (Wildman–Crippen LogP) is 2.96. The summed E-state index contributed by atoms with van der Waals surface area (Å²) in [6.45, 7) is 7.30. The zero-order chi connectivity index (χ0) is 11.8. The first kappa shape index (κ1) is 13.5. The second-order valence-corrected chi connectivity index (χ2v) is 2.75. The molecule has 1 rings (SSSR count). The highest BCUT2D eigenvalue weighted by atomic mass is 16.6. The fraction of sp³-hybridized carbons (Fsp3) is 0.417. The van der Waals surface area contributed by atoms with Gasteiger partial charge in [-0.2, -0.15) is 0 Å². The molecule has 0 heterocycles. The van der Waals surface area contributed by atoms with Crippen LogP contribution in [0.15, 0.2) is 18.2 Å². The summed E-state index contributed by atoms with van der Waals surface area (Å²) in [7, 11) is 1.54. The largest absolute Gasteiger partial charge is 0.493 e. The Morgan fingerprint density at radius 2 is 1.80 bits per heavy atom. The monoisotopic (exact) mass is 210 g/mol. The maximum absolute atomic E-state index is 10.7. The van der Waals surface area contributed by atoms with Crippen molar-refractivity contribution in [3.63, 3.8) is 0 Å². The average Bonchev–Trinajstić information content (AvgIpc) is 2.23. The van der Waals surface area contributed by atoms with E-state index in [4.69, 9.17) is 9.47 Å². The fourth-order valence-corrected chi connectivity index (χ4v) is 1.01. The van der Waals surface area contributed by atoms with Crippen molar-refractivity contribution in [2.45, 2.75) is 27.7 Å². The van der Waals surface area contributed by atoms with Gasteiger partial charge in [0.1, 0.15) is 0 Å². The smallest absolute Gasteiger partial charge is 0.308 e. The lowest BCUT2D eigenvalue weighted by molar-refractivity contribution is -0.132. The molecule has 0 aliphatic carbocycles. The predicted molar refractivity (Wildman–Crippen MR) is 60.4 cm³/mol. The van der Waals surface area contributed by atoms with Crippen molar-refractivity contribution in [2.75, 3.05) is 7.11 Å². The van der Waals surface area contributed by atoms with Crippen LogP contribution in [0.4, 0.5) is 0 Å². The summed E-state index contributed by atoms with van der Waals surface area (Å²) in [5, 5.41) is 0. The molecule has 0 N–H and O–H groups in total. The number of aryl methyl sites for hydroxylation is 1. The topological polar surface area (TPSA) is 35.5 Å². The minimum atomic E-state index is -0.345. The van der Waals surface area contributed by atoms with E-state index in [2.05, 4.69) is 0 Å². The Morgan fingerprint density at radius 3 is 2.27 bits per heavy atom. The maximum atomic E-state index is 10.7. The van der Waals surface area contributed by atoms with Gasteiger partial charge in [-0.1, -0.05) is 19.9 Å². The molecule has 0 amide bonds. The van der Waals surface area contributed by atoms with E-state index in [0.717, 1.165) is 5.56 Å². The van der Waals surface area contributed by atoms with E-state index in [-0.39, 0.29) is 5.97 Å². The Bertz CT molecular complexity index is 319. The lowest BCUT2D eigenvalue weighted by atomic mass is 10.2. The standard InChI is InChI=1S/C10H12O3.C2H6/c1-7-4-5-9(13-8(2)11)10(6-7)12-3;1-2/h4-6H,1-3H3;1-2H3. The van der Waals surface area contributed by atoms with Crippen molar-refractivity contribution in [1.29, 1.82) is 0 Å². The summed E-state index contributed by atoms with van der Waals surface area (Å²) in [5.41, 5.74) is 1.06. The Balaban J connectivity index is 0.000000921. The minimum absolute atomic E-state index is 0.345. The lowest BCUT2D eigenvalue weighted by Crippen LogP contribution is -2.02. The van der Waals surface area contributed by atoms with Gasteiger partial charge in [0.25, 0.3) is 0 Å². The molecular formula is C12H18O3. The number of carbonyl (C=O) groups excluding carboxylic acids is 1. The van der Waals surface area contributed by atoms with E-state index in [9.17, 15) is 4.79 Å². The van der Waals surface area contributed by atoms with Gasteiger partial charge >= 0.3 is 5.97 Å². The molecule has 0 radical (unpaired) electrons. The molecular weight excluding hydrogens is 192 g/mol. The Kier molecular flexibility index (Phi) is 6.18. The third kappa shape index (κ3) is 4.49. The van der Waals surface area contributed by atoms with Crippen molar-refractivity contribution < 1.29 is 14.3 Å². The molecule has 84 valence electrons. The molecule has 0 atom stereocenters. The highest BCUT2D eigenvalue weighted by Gasteiger charge is 2.05. The number of ether oxygens (including phenoxy) is 2. The van der Waals surface area contributed by atoms with Crippen LogP contribution < -0.4 is 9.47 Å². The van der Waals surface area contributed by atoms with E-state index in [1.807, 2.05) is 32.9 Å². The van der Waals surface area contributed by atoms with Gasteiger partial charge in [-0.15, -0.1) is 0 Å². The van der Waals surface area contributed by atoms with Gasteiger partial charge in [0.15, 0.2) is 11.5 Å². The fourth-order valence-electron chi connectivity index (χ4n) is 1.01. The normalized spacial score (nSPS) is 8.60. The number of methoxy groups -OCH3 is 1. The quantitative estimate of drug-likeness (QED) is 0.556. The van der Waals surface area contributed by atoms with Crippen LogP contribution in [0.2, 0.25) is 0 Å². The highest BCUT2D eigenvalue weighted by Crippen LogP contribution is 2.27. The van der Waals surface area contributed by atoms with Crippen molar-refractivity contribution >= 4 is 5.97 Å². The summed E-state index contributed by atoms with van der Waals surface area (Å²) in [6.07, 6.45) is 0. The molecule has 0 fully saturated rings. The van der Waals surface area contributed by atoms with Crippen LogP contribution in [0.5, 0.6) is 11.5 Å². The number of rotatable bonds is 2. The van der Waals surface area contributed by atoms with Gasteiger partial charge in [-0.3, -0.25) is 4.79 Å². The average molecular weight is 210 g/mol. The van der Waals surface area contributed by atoms with Crippen LogP contribution in [0.25, 0.3) is 0 Å². The second kappa shape index (κ2) is 6.87. The van der Waals surface area contributed by atoms with Gasteiger partial charge in [0.2, 0.25) is 0 Å². The van der Waals surface area contributed by atoms with Gasteiger partial charge in [0.05, 0.1) is 7.11 Å². The molecule has 0 spiro atoms. The van der Waals surface area contributed by atoms with Crippen LogP contribution in [0.3, 0.4) is 0 Å². The van der Waals surface area contributed by atoms with Crippen molar-refractivity contribution in [1.82, 2.24) is 0 Å². The third-order valence-electron chi connectivity index (χ3n) is 1.57. The highest BCUT2D eigenvalue weighted by molar-refractivity contribution is 5.70. The first-order valence-corrected chi connectivity index (χ1v) is 4.96. The number of esters is 1. The van der Waals surface area contributed by atoms with Gasteiger partial charge in [0, 0.05) is 6.92 Å². The van der Waals surface area contributed by atoms with E-state index >= 15 is 0 Å². The zero-order valence-electron chi connectivity index (χ0n) is 9.96. The van der Waals surface area contributed by atoms with Crippen LogP contribution in [-0.2, 0) is 4.79 Å². The molecule has 0 saturated carbocycles. The van der Waals surface area contributed by atoms with E-state index in [1.54, 1.807) is 13.2 Å². The molecule has 0 bridgehead atoms. The number of benzene rings is 1. The molecule has 0 unspecified atom stereocenters. The summed E-state index contributed by atoms with van der Waals surface area (Å²) in [6, 6.07) is 5.40.